The molecule has 1 N–H and O–H groups in total. The van der Waals surface area contributed by atoms with Crippen molar-refractivity contribution in [1.82, 2.24) is 0 Å². The molecule has 0 aliphatic rings. The summed E-state index contributed by atoms with van der Waals surface area (Å²) < 4.78 is 0. The van der Waals surface area contributed by atoms with Crippen LogP contribution in [0.5, 0.6) is 0 Å². The van der Waals surface area contributed by atoms with Crippen LogP contribution in [0.3, 0.4) is 0 Å². The van der Waals surface area contributed by atoms with Gasteiger partial charge in [-0.25, -0.2) is 0 Å². The van der Waals surface area contributed by atoms with Crippen molar-refractivity contribution in [3.8, 4) is 0 Å². The average molecular weight is 189 g/mol. The molecule has 1 atom stereocenters. The van der Waals surface area contributed by atoms with E-state index in [0.717, 1.165) is 12.8 Å². The number of nitrogens with zero attached hydrogens (tertiary/aromatic N) is 1. The van der Waals surface area contributed by atoms with E-state index in [1.165, 1.54) is 0 Å². The minimum Gasteiger partial charge on any atom is -0.481 e. The first-order valence-corrected chi connectivity index (χ1v) is 4.43. The Morgan fingerprint density at radius 3 is 2.54 bits per heavy atom. The van der Waals surface area contributed by atoms with Crippen molar-refractivity contribution in [2.45, 2.75) is 45.1 Å². The molecule has 0 saturated heterocycles. The second kappa shape index (κ2) is 6.39. The van der Waals surface area contributed by atoms with Gasteiger partial charge < -0.3 is 5.11 Å². The number of hydrogen-bond acceptors (Lipinski definition) is 3. The number of carbonyl (C=O) groups is 1. The standard InChI is InChI=1S/C8H15NO4/c1-2-3-4-7(9(12)13)5-6-8(10)11/h7H,2-6H2,1H3,(H,10,11). The van der Waals surface area contributed by atoms with Crippen molar-refractivity contribution in [1.29, 1.82) is 0 Å². The number of carboxylic acid groups (broad SMARTS) is 1. The highest BCUT2D eigenvalue weighted by Gasteiger charge is 2.19. The maximum Gasteiger partial charge on any atom is 0.303 e. The Bertz CT molecular complexity index is 181. The van der Waals surface area contributed by atoms with Gasteiger partial charge in [-0.05, 0) is 6.42 Å². The largest absolute Gasteiger partial charge is 0.481 e. The second-order valence-electron chi connectivity index (χ2n) is 3.01. The van der Waals surface area contributed by atoms with Gasteiger partial charge in [0.05, 0.1) is 6.42 Å². The van der Waals surface area contributed by atoms with E-state index in [1.807, 2.05) is 6.92 Å². The molecule has 0 radical (unpaired) electrons. The zero-order valence-corrected chi connectivity index (χ0v) is 7.73. The molecular formula is C8H15NO4. The zero-order chi connectivity index (χ0) is 10.3. The third-order valence-corrected chi connectivity index (χ3v) is 1.88. The van der Waals surface area contributed by atoms with Crippen molar-refractivity contribution >= 4 is 5.97 Å². The van der Waals surface area contributed by atoms with Crippen LogP contribution in [0.4, 0.5) is 0 Å². The molecule has 0 aliphatic carbocycles. The summed E-state index contributed by atoms with van der Waals surface area (Å²) in [7, 11) is 0. The Balaban J connectivity index is 3.80. The van der Waals surface area contributed by atoms with Crippen LogP contribution in [-0.4, -0.2) is 22.0 Å². The molecule has 0 spiro atoms. The lowest BCUT2D eigenvalue weighted by atomic mass is 10.1. The maximum atomic E-state index is 10.4. The summed E-state index contributed by atoms with van der Waals surface area (Å²) >= 11 is 0. The van der Waals surface area contributed by atoms with E-state index in [2.05, 4.69) is 0 Å². The molecule has 1 unspecified atom stereocenters. The van der Waals surface area contributed by atoms with E-state index in [4.69, 9.17) is 5.11 Å². The number of nitro groups is 1. The molecule has 0 saturated carbocycles. The lowest BCUT2D eigenvalue weighted by molar-refractivity contribution is -0.524. The van der Waals surface area contributed by atoms with Gasteiger partial charge in [0.2, 0.25) is 6.04 Å². The number of aliphatic carboxylic acids is 1. The minimum absolute atomic E-state index is 0.116. The van der Waals surface area contributed by atoms with Crippen LogP contribution in [0.2, 0.25) is 0 Å². The first-order valence-electron chi connectivity index (χ1n) is 4.43. The van der Waals surface area contributed by atoms with Gasteiger partial charge in [-0.15, -0.1) is 0 Å². The van der Waals surface area contributed by atoms with Gasteiger partial charge in [-0.3, -0.25) is 14.9 Å². The minimum atomic E-state index is -0.969. The molecule has 76 valence electrons. The van der Waals surface area contributed by atoms with E-state index < -0.39 is 12.0 Å². The van der Waals surface area contributed by atoms with Gasteiger partial charge in [0.15, 0.2) is 0 Å². The first kappa shape index (κ1) is 11.9. The summed E-state index contributed by atoms with van der Waals surface area (Å²) in [6, 6.07) is -0.684. The Kier molecular flexibility index (Phi) is 5.84. The molecule has 0 aromatic rings. The van der Waals surface area contributed by atoms with E-state index in [1.54, 1.807) is 0 Å². The topological polar surface area (TPSA) is 80.4 Å². The quantitative estimate of drug-likeness (QED) is 0.488. The van der Waals surface area contributed by atoms with Crippen molar-refractivity contribution in [2.24, 2.45) is 0 Å². The molecule has 0 amide bonds. The van der Waals surface area contributed by atoms with Gasteiger partial charge in [0, 0.05) is 17.8 Å². The fraction of sp³-hybridized carbons (Fsp3) is 0.875. The van der Waals surface area contributed by atoms with Gasteiger partial charge in [0.25, 0.3) is 0 Å². The molecule has 0 aromatic carbocycles. The number of rotatable bonds is 7. The summed E-state index contributed by atoms with van der Waals surface area (Å²) in [4.78, 5) is 20.2. The van der Waals surface area contributed by atoms with Crippen LogP contribution in [-0.2, 0) is 4.79 Å². The normalized spacial score (nSPS) is 12.4. The molecule has 5 heteroatoms. The van der Waals surface area contributed by atoms with Crippen molar-refractivity contribution < 1.29 is 14.8 Å². The lowest BCUT2D eigenvalue weighted by Gasteiger charge is -2.06. The van der Waals surface area contributed by atoms with Crippen LogP contribution >= 0.6 is 0 Å². The SMILES string of the molecule is CCCCC(CCC(=O)O)[N+](=O)[O-]. The van der Waals surface area contributed by atoms with Crippen LogP contribution in [0.1, 0.15) is 39.0 Å². The first-order chi connectivity index (χ1) is 6.07. The number of unbranched alkanes of at least 4 members (excludes halogenated alkanes) is 1. The van der Waals surface area contributed by atoms with Gasteiger partial charge in [0.1, 0.15) is 0 Å². The molecule has 0 aliphatic heterocycles. The van der Waals surface area contributed by atoms with Gasteiger partial charge in [-0.1, -0.05) is 13.3 Å². The van der Waals surface area contributed by atoms with Crippen molar-refractivity contribution in [2.75, 3.05) is 0 Å². The van der Waals surface area contributed by atoms with Gasteiger partial charge in [-0.2, -0.15) is 0 Å². The van der Waals surface area contributed by atoms with Crippen molar-refractivity contribution in [3.63, 3.8) is 0 Å². The molecular weight excluding hydrogens is 174 g/mol. The molecule has 0 fully saturated rings. The Morgan fingerprint density at radius 1 is 1.54 bits per heavy atom. The molecule has 0 rings (SSSR count). The van der Waals surface area contributed by atoms with E-state index in [9.17, 15) is 14.9 Å². The van der Waals surface area contributed by atoms with Crippen LogP contribution in [0.15, 0.2) is 0 Å². The molecule has 0 bridgehead atoms. The third-order valence-electron chi connectivity index (χ3n) is 1.88. The highest BCUT2D eigenvalue weighted by molar-refractivity contribution is 5.66. The molecule has 5 nitrogen and oxygen atoms in total. The van der Waals surface area contributed by atoms with Crippen LogP contribution < -0.4 is 0 Å². The summed E-state index contributed by atoms with van der Waals surface area (Å²) in [5, 5.41) is 18.8. The average Bonchev–Trinajstić information content (AvgIpc) is 2.03. The Morgan fingerprint density at radius 2 is 2.15 bits per heavy atom. The fourth-order valence-corrected chi connectivity index (χ4v) is 1.08. The van der Waals surface area contributed by atoms with Crippen LogP contribution in [0.25, 0.3) is 0 Å². The Hall–Kier alpha value is -1.13. The summed E-state index contributed by atoms with van der Waals surface area (Å²) in [6.45, 7) is 1.95. The summed E-state index contributed by atoms with van der Waals surface area (Å²) in [6.07, 6.45) is 2.19. The number of hydrogen-bond donors (Lipinski definition) is 1. The maximum absolute atomic E-state index is 10.4. The summed E-state index contributed by atoms with van der Waals surface area (Å²) in [5.74, 6) is -0.969. The summed E-state index contributed by atoms with van der Waals surface area (Å²) in [5.41, 5.74) is 0. The monoisotopic (exact) mass is 189 g/mol. The zero-order valence-electron chi connectivity index (χ0n) is 7.73. The van der Waals surface area contributed by atoms with Crippen LogP contribution in [0, 0.1) is 10.1 Å². The smallest absolute Gasteiger partial charge is 0.303 e. The van der Waals surface area contributed by atoms with E-state index in [0.29, 0.717) is 6.42 Å². The number of carboxylic acids is 1. The van der Waals surface area contributed by atoms with E-state index >= 15 is 0 Å². The predicted molar refractivity (Wildman–Crippen MR) is 47.2 cm³/mol. The molecule has 0 aromatic heterocycles. The highest BCUT2D eigenvalue weighted by Crippen LogP contribution is 2.09. The van der Waals surface area contributed by atoms with Crippen molar-refractivity contribution in [3.05, 3.63) is 10.1 Å². The molecule has 13 heavy (non-hydrogen) atoms. The Labute approximate surface area is 76.9 Å². The fourth-order valence-electron chi connectivity index (χ4n) is 1.08. The molecule has 0 heterocycles. The van der Waals surface area contributed by atoms with E-state index in [-0.39, 0.29) is 17.8 Å². The lowest BCUT2D eigenvalue weighted by Crippen LogP contribution is -2.20. The third kappa shape index (κ3) is 6.07. The second-order valence-corrected chi connectivity index (χ2v) is 3.01. The highest BCUT2D eigenvalue weighted by atomic mass is 16.6. The van der Waals surface area contributed by atoms with Gasteiger partial charge >= 0.3 is 5.97 Å². The predicted octanol–water partition coefficient (Wildman–Crippen LogP) is 1.69.